The van der Waals surface area contributed by atoms with Crippen LogP contribution in [-0.4, -0.2) is 43.4 Å². The van der Waals surface area contributed by atoms with Gasteiger partial charge in [-0.15, -0.1) is 0 Å². The number of likely N-dealkylation sites (tertiary alicyclic amines) is 1. The Bertz CT molecular complexity index is 990. The first-order valence-electron chi connectivity index (χ1n) is 11.5. The van der Waals surface area contributed by atoms with E-state index in [2.05, 4.69) is 17.0 Å². The normalized spacial score (nSPS) is 16.5. The Hall–Kier alpha value is -2.53. The van der Waals surface area contributed by atoms with Gasteiger partial charge in [0, 0.05) is 18.0 Å². The summed E-state index contributed by atoms with van der Waals surface area (Å²) >= 11 is 0. The molecule has 4 nitrogen and oxygen atoms in total. The average Bonchev–Trinajstić information content (AvgIpc) is 3.37. The van der Waals surface area contributed by atoms with Gasteiger partial charge in [-0.3, -0.25) is 0 Å². The predicted octanol–water partition coefficient (Wildman–Crippen LogP) is 2.21. The molecule has 1 aliphatic rings. The Balaban J connectivity index is 0.00000306. The van der Waals surface area contributed by atoms with E-state index in [0.29, 0.717) is 12.4 Å². The molecule has 3 aromatic carbocycles. The molecule has 0 amide bonds. The molecule has 0 bridgehead atoms. The molecule has 176 valence electrons. The van der Waals surface area contributed by atoms with Crippen LogP contribution in [0.15, 0.2) is 78.9 Å². The molecular weight excluding hydrogens is 434 g/mol. The van der Waals surface area contributed by atoms with Crippen molar-refractivity contribution in [2.45, 2.75) is 31.3 Å². The summed E-state index contributed by atoms with van der Waals surface area (Å²) in [5.74, 6) is 1.32. The van der Waals surface area contributed by atoms with Crippen molar-refractivity contribution < 1.29 is 27.0 Å². The zero-order valence-electron chi connectivity index (χ0n) is 19.4. The number of nitrogens with zero attached hydrogens (tertiary/aromatic N) is 1. The van der Waals surface area contributed by atoms with E-state index in [4.69, 9.17) is 9.47 Å². The molecule has 5 heteroatoms. The van der Waals surface area contributed by atoms with Gasteiger partial charge in [0.25, 0.3) is 0 Å². The zero-order valence-corrected chi connectivity index (χ0v) is 20.2. The monoisotopic (exact) mass is 466 g/mol. The number of ether oxygens (including phenoxy) is 2. The Morgan fingerprint density at radius 3 is 2.18 bits per heavy atom. The van der Waals surface area contributed by atoms with Crippen LogP contribution in [0.3, 0.4) is 0 Å². The molecule has 33 heavy (non-hydrogen) atoms. The lowest BCUT2D eigenvalue weighted by Crippen LogP contribution is -3.00. The van der Waals surface area contributed by atoms with E-state index in [1.54, 1.807) is 7.11 Å². The molecule has 1 heterocycles. The van der Waals surface area contributed by atoms with Gasteiger partial charge in [0.1, 0.15) is 17.1 Å². The van der Waals surface area contributed by atoms with Gasteiger partial charge in [0.2, 0.25) is 0 Å². The van der Waals surface area contributed by atoms with Crippen molar-refractivity contribution in [3.63, 3.8) is 0 Å². The smallest absolute Gasteiger partial charge is 0.126 e. The van der Waals surface area contributed by atoms with Crippen LogP contribution < -0.4 is 21.9 Å². The number of halogens is 1. The van der Waals surface area contributed by atoms with E-state index in [0.717, 1.165) is 42.1 Å². The van der Waals surface area contributed by atoms with E-state index in [1.165, 1.54) is 12.8 Å². The van der Waals surface area contributed by atoms with E-state index in [9.17, 15) is 5.11 Å². The summed E-state index contributed by atoms with van der Waals surface area (Å²) in [5, 5.41) is 12.7. The number of hydrogen-bond acceptors (Lipinski definition) is 4. The third kappa shape index (κ3) is 5.35. The van der Waals surface area contributed by atoms with Gasteiger partial charge in [-0.25, -0.2) is 0 Å². The Morgan fingerprint density at radius 2 is 1.55 bits per heavy atom. The average molecular weight is 467 g/mol. The predicted molar refractivity (Wildman–Crippen MR) is 128 cm³/mol. The van der Waals surface area contributed by atoms with Gasteiger partial charge in [0.05, 0.1) is 13.7 Å². The highest BCUT2D eigenvalue weighted by Crippen LogP contribution is 2.46. The highest BCUT2D eigenvalue weighted by atomic mass is 35.5. The summed E-state index contributed by atoms with van der Waals surface area (Å²) < 4.78 is 11.4. The third-order valence-electron chi connectivity index (χ3n) is 6.47. The fourth-order valence-corrected chi connectivity index (χ4v) is 4.86. The van der Waals surface area contributed by atoms with Crippen molar-refractivity contribution in [2.75, 3.05) is 33.4 Å². The van der Waals surface area contributed by atoms with E-state index >= 15 is 0 Å². The second-order valence-corrected chi connectivity index (χ2v) is 8.40. The van der Waals surface area contributed by atoms with Gasteiger partial charge in [0.15, 0.2) is 0 Å². The number of aliphatic hydroxyl groups is 1. The molecule has 1 saturated heterocycles. The molecule has 2 unspecified atom stereocenters. The molecule has 1 aliphatic heterocycles. The lowest BCUT2D eigenvalue weighted by Gasteiger charge is -2.40. The second-order valence-electron chi connectivity index (χ2n) is 8.40. The van der Waals surface area contributed by atoms with Crippen molar-refractivity contribution >= 4 is 0 Å². The maximum absolute atomic E-state index is 12.7. The number of methoxy groups -OCH3 is 1. The van der Waals surface area contributed by atoms with E-state index in [1.807, 2.05) is 73.7 Å². The molecule has 4 rings (SSSR count). The topological polar surface area (TPSA) is 41.9 Å². The maximum Gasteiger partial charge on any atom is 0.126 e. The SMILES string of the molecule is CCOc1ccc(C(O)(c2ccccc2OC)C(CN2CCCC2)c2ccccc2)cc1.[Cl-]. The van der Waals surface area contributed by atoms with Crippen molar-refractivity contribution in [2.24, 2.45) is 0 Å². The fraction of sp³-hybridized carbons (Fsp3) is 0.357. The van der Waals surface area contributed by atoms with E-state index in [-0.39, 0.29) is 18.3 Å². The Morgan fingerprint density at radius 1 is 0.909 bits per heavy atom. The van der Waals surface area contributed by atoms with Crippen LogP contribution in [0.4, 0.5) is 0 Å². The van der Waals surface area contributed by atoms with Gasteiger partial charge < -0.3 is 31.9 Å². The number of hydrogen-bond donors (Lipinski definition) is 1. The minimum Gasteiger partial charge on any atom is -1.00 e. The minimum atomic E-state index is -1.28. The highest BCUT2D eigenvalue weighted by molar-refractivity contribution is 5.49. The van der Waals surface area contributed by atoms with Crippen molar-refractivity contribution in [3.8, 4) is 11.5 Å². The molecule has 0 radical (unpaired) electrons. The molecule has 3 aromatic rings. The molecule has 0 saturated carbocycles. The summed E-state index contributed by atoms with van der Waals surface area (Å²) in [4.78, 5) is 2.46. The van der Waals surface area contributed by atoms with Crippen LogP contribution >= 0.6 is 0 Å². The molecule has 1 N–H and O–H groups in total. The third-order valence-corrected chi connectivity index (χ3v) is 6.47. The number of benzene rings is 3. The molecule has 0 aliphatic carbocycles. The lowest BCUT2D eigenvalue weighted by molar-refractivity contribution is -0.0000157. The first kappa shape index (κ1) is 25.1. The standard InChI is InChI=1S/C28H33NO3.ClH/c1-3-32-24-17-15-23(16-18-24)28(30,25-13-7-8-14-27(25)31-2)26(21-29-19-9-10-20-29)22-11-5-4-6-12-22;/h4-8,11-18,26,30H,3,9-10,19-21H2,1-2H3;1H/p-1. The summed E-state index contributed by atoms with van der Waals surface area (Å²) in [6.45, 7) is 5.48. The Labute approximate surface area is 203 Å². The number of rotatable bonds is 9. The van der Waals surface area contributed by atoms with Crippen LogP contribution in [0, 0.1) is 0 Å². The molecule has 0 spiro atoms. The maximum atomic E-state index is 12.7. The summed E-state index contributed by atoms with van der Waals surface area (Å²) in [6, 6.07) is 26.0. The number of para-hydroxylation sites is 1. The largest absolute Gasteiger partial charge is 1.00 e. The zero-order chi connectivity index (χ0) is 22.4. The second kappa shape index (κ2) is 11.6. The Kier molecular flexibility index (Phi) is 8.79. The van der Waals surface area contributed by atoms with Crippen LogP contribution in [0.2, 0.25) is 0 Å². The van der Waals surface area contributed by atoms with Gasteiger partial charge in [-0.2, -0.15) is 0 Å². The van der Waals surface area contributed by atoms with Crippen LogP contribution in [0.5, 0.6) is 11.5 Å². The molecular formula is C28H33ClNO3-. The first-order valence-corrected chi connectivity index (χ1v) is 11.5. The van der Waals surface area contributed by atoms with Crippen molar-refractivity contribution in [3.05, 3.63) is 95.6 Å². The van der Waals surface area contributed by atoms with Crippen LogP contribution in [-0.2, 0) is 5.60 Å². The first-order chi connectivity index (χ1) is 15.7. The summed E-state index contributed by atoms with van der Waals surface area (Å²) in [7, 11) is 1.66. The van der Waals surface area contributed by atoms with Gasteiger partial charge in [-0.1, -0.05) is 60.7 Å². The van der Waals surface area contributed by atoms with E-state index < -0.39 is 5.60 Å². The lowest BCUT2D eigenvalue weighted by atomic mass is 9.72. The van der Waals surface area contributed by atoms with Crippen molar-refractivity contribution in [1.82, 2.24) is 4.90 Å². The van der Waals surface area contributed by atoms with Gasteiger partial charge >= 0.3 is 0 Å². The van der Waals surface area contributed by atoms with Crippen molar-refractivity contribution in [1.29, 1.82) is 0 Å². The summed E-state index contributed by atoms with van der Waals surface area (Å²) in [5.41, 5.74) is 1.45. The fourth-order valence-electron chi connectivity index (χ4n) is 4.86. The van der Waals surface area contributed by atoms with Gasteiger partial charge in [-0.05, 0) is 62.2 Å². The molecule has 0 aromatic heterocycles. The highest BCUT2D eigenvalue weighted by Gasteiger charge is 2.44. The minimum absolute atomic E-state index is 0. The van der Waals surface area contributed by atoms with Crippen LogP contribution in [0.25, 0.3) is 0 Å². The van der Waals surface area contributed by atoms with Crippen LogP contribution in [0.1, 0.15) is 42.4 Å². The summed E-state index contributed by atoms with van der Waals surface area (Å²) in [6.07, 6.45) is 2.41. The molecule has 2 atom stereocenters. The quantitative estimate of drug-likeness (QED) is 0.525. The molecule has 1 fully saturated rings.